The van der Waals surface area contributed by atoms with Gasteiger partial charge in [0.15, 0.2) is 6.10 Å². The first kappa shape index (κ1) is 64.3. The van der Waals surface area contributed by atoms with Gasteiger partial charge in [-0.2, -0.15) is 0 Å². The second kappa shape index (κ2) is 55.9. The molecule has 0 N–H and O–H groups in total. The minimum absolute atomic E-state index is 0.203. The molecule has 0 amide bonds. The molecule has 0 aliphatic carbocycles. The number of carbonyl (C=O) groups is 3. The minimum Gasteiger partial charge on any atom is -0.462 e. The maximum Gasteiger partial charge on any atom is 0.331 e. The van der Waals surface area contributed by atoms with Crippen LogP contribution in [-0.4, -0.2) is 37.2 Å². The van der Waals surface area contributed by atoms with Crippen LogP contribution in [0.5, 0.6) is 0 Å². The summed E-state index contributed by atoms with van der Waals surface area (Å²) < 4.78 is 16.4. The Hall–Kier alpha value is -4.71. The summed E-state index contributed by atoms with van der Waals surface area (Å²) in [5, 5.41) is 0. The lowest BCUT2D eigenvalue weighted by atomic mass is 10.0. The SMILES string of the molecule is CCCCCCCCCC=CC=CC=CC=CC=CC=CC(=O)OCC(COC(=O)CCCCCCCCCCCCCCC)OC(=O)C=CC=CC=CC=CC=CC=CCCCCCCCCC. The highest BCUT2D eigenvalue weighted by molar-refractivity contribution is 5.83. The molecule has 0 fully saturated rings. The van der Waals surface area contributed by atoms with Gasteiger partial charge in [0, 0.05) is 18.6 Å². The van der Waals surface area contributed by atoms with Gasteiger partial charge in [-0.1, -0.05) is 309 Å². The molecule has 0 aromatic carbocycles. The van der Waals surface area contributed by atoms with Crippen LogP contribution in [0.4, 0.5) is 0 Å². The van der Waals surface area contributed by atoms with Gasteiger partial charge in [-0.25, -0.2) is 9.59 Å². The maximum absolute atomic E-state index is 12.7. The zero-order chi connectivity index (χ0) is 50.0. The zero-order valence-corrected chi connectivity index (χ0v) is 44.0. The number of allylic oxidation sites excluding steroid dienone is 22. The first-order valence-electron chi connectivity index (χ1n) is 27.6. The van der Waals surface area contributed by atoms with Gasteiger partial charge in [0.1, 0.15) is 13.2 Å². The summed E-state index contributed by atoms with van der Waals surface area (Å²) in [6.45, 7) is 6.31. The van der Waals surface area contributed by atoms with Gasteiger partial charge in [-0.3, -0.25) is 4.79 Å². The fourth-order valence-corrected chi connectivity index (χ4v) is 7.17. The third-order valence-corrected chi connectivity index (χ3v) is 11.3. The van der Waals surface area contributed by atoms with E-state index in [0.717, 1.165) is 32.1 Å². The molecule has 0 rings (SSSR count). The summed E-state index contributed by atoms with van der Waals surface area (Å²) in [5.41, 5.74) is 0. The van der Waals surface area contributed by atoms with Crippen LogP contribution in [-0.2, 0) is 28.6 Å². The largest absolute Gasteiger partial charge is 0.462 e. The lowest BCUT2D eigenvalue weighted by Crippen LogP contribution is -2.30. The lowest BCUT2D eigenvalue weighted by Gasteiger charge is -2.17. The summed E-state index contributed by atoms with van der Waals surface area (Å²) in [6, 6.07) is 0. The van der Waals surface area contributed by atoms with Crippen molar-refractivity contribution in [1.82, 2.24) is 0 Å². The molecule has 0 saturated carbocycles. The monoisotopic (exact) mass is 951 g/mol. The van der Waals surface area contributed by atoms with E-state index in [4.69, 9.17) is 14.2 Å². The Morgan fingerprint density at radius 2 is 0.609 bits per heavy atom. The predicted octanol–water partition coefficient (Wildman–Crippen LogP) is 18.4. The van der Waals surface area contributed by atoms with Gasteiger partial charge in [-0.15, -0.1) is 0 Å². The molecular formula is C63H98O6. The Morgan fingerprint density at radius 1 is 0.319 bits per heavy atom. The highest BCUT2D eigenvalue weighted by atomic mass is 16.6. The molecule has 69 heavy (non-hydrogen) atoms. The normalized spacial score (nSPS) is 13.3. The lowest BCUT2D eigenvalue weighted by molar-refractivity contribution is -0.162. The molecule has 0 radical (unpaired) electrons. The smallest absolute Gasteiger partial charge is 0.331 e. The Labute approximate surface area is 423 Å². The standard InChI is InChI=1S/C63H98O6/c1-4-7-10-13-16-19-22-25-27-29-31-33-35-38-41-44-47-50-53-56-62(65)68-59-60(58-67-61(64)55-52-49-46-43-40-37-24-21-18-15-12-9-6-3)69-63(66)57-54-51-48-45-42-39-36-34-32-30-28-26-23-20-17-14-11-8-5-2/h27-36,38-39,41-42,44-45,47-48,50-51,53-54,56-57,60H,4-26,37,40,43,46,49,52,55,58-59H2,1-3H3. The number of esters is 3. The third kappa shape index (κ3) is 54.1. The topological polar surface area (TPSA) is 78.9 Å². The first-order valence-corrected chi connectivity index (χ1v) is 27.6. The highest BCUT2D eigenvalue weighted by Crippen LogP contribution is 2.14. The van der Waals surface area contributed by atoms with E-state index in [2.05, 4.69) is 45.1 Å². The molecule has 0 bridgehead atoms. The molecule has 1 unspecified atom stereocenters. The summed E-state index contributed by atoms with van der Waals surface area (Å²) >= 11 is 0. The molecule has 0 aliphatic heterocycles. The van der Waals surface area contributed by atoms with E-state index in [0.29, 0.717) is 6.42 Å². The fraction of sp³-hybridized carbons (Fsp3) is 0.571. The number of hydrogen-bond acceptors (Lipinski definition) is 6. The van der Waals surface area contributed by atoms with Crippen molar-refractivity contribution in [2.45, 2.75) is 219 Å². The molecule has 0 aliphatic rings. The summed E-state index contributed by atoms with van der Waals surface area (Å²) in [4.78, 5) is 37.8. The molecule has 1 atom stereocenters. The van der Waals surface area contributed by atoms with Crippen molar-refractivity contribution < 1.29 is 28.6 Å². The van der Waals surface area contributed by atoms with Gasteiger partial charge in [0.2, 0.25) is 0 Å². The maximum atomic E-state index is 12.7. The molecule has 0 saturated heterocycles. The van der Waals surface area contributed by atoms with Crippen molar-refractivity contribution in [3.63, 3.8) is 0 Å². The molecule has 0 aromatic rings. The van der Waals surface area contributed by atoms with Crippen molar-refractivity contribution in [1.29, 1.82) is 0 Å². The van der Waals surface area contributed by atoms with Gasteiger partial charge >= 0.3 is 17.9 Å². The number of rotatable bonds is 47. The van der Waals surface area contributed by atoms with Crippen LogP contribution in [0.1, 0.15) is 213 Å². The van der Waals surface area contributed by atoms with E-state index in [-0.39, 0.29) is 19.2 Å². The quantitative estimate of drug-likeness (QED) is 0.0199. The van der Waals surface area contributed by atoms with Crippen LogP contribution >= 0.6 is 0 Å². The van der Waals surface area contributed by atoms with Crippen molar-refractivity contribution in [3.05, 3.63) is 146 Å². The first-order chi connectivity index (χ1) is 34.0. The van der Waals surface area contributed by atoms with Crippen LogP contribution in [0.25, 0.3) is 0 Å². The van der Waals surface area contributed by atoms with Crippen molar-refractivity contribution in [3.8, 4) is 0 Å². The summed E-state index contributed by atoms with van der Waals surface area (Å²) in [7, 11) is 0. The Bertz CT molecular complexity index is 1560. The van der Waals surface area contributed by atoms with Gasteiger partial charge in [0.05, 0.1) is 0 Å². The molecule has 386 valence electrons. The van der Waals surface area contributed by atoms with Crippen LogP contribution < -0.4 is 0 Å². The number of carbonyl (C=O) groups excluding carboxylic acids is 3. The highest BCUT2D eigenvalue weighted by Gasteiger charge is 2.18. The molecule has 6 heteroatoms. The Balaban J connectivity index is 4.83. The predicted molar refractivity (Wildman–Crippen MR) is 297 cm³/mol. The molecule has 6 nitrogen and oxygen atoms in total. The van der Waals surface area contributed by atoms with Gasteiger partial charge < -0.3 is 14.2 Å². The summed E-state index contributed by atoms with van der Waals surface area (Å²) in [6.07, 6.45) is 81.0. The average Bonchev–Trinajstić information content (AvgIpc) is 3.35. The molecular weight excluding hydrogens is 853 g/mol. The second-order valence-corrected chi connectivity index (χ2v) is 17.8. The van der Waals surface area contributed by atoms with Crippen molar-refractivity contribution in [2.75, 3.05) is 13.2 Å². The van der Waals surface area contributed by atoms with E-state index in [9.17, 15) is 14.4 Å². The van der Waals surface area contributed by atoms with E-state index in [1.165, 1.54) is 166 Å². The Kier molecular flexibility index (Phi) is 52.1. The van der Waals surface area contributed by atoms with Gasteiger partial charge in [-0.05, 0) is 32.1 Å². The minimum atomic E-state index is -0.952. The van der Waals surface area contributed by atoms with E-state index >= 15 is 0 Å². The Morgan fingerprint density at radius 3 is 0.986 bits per heavy atom. The second-order valence-electron chi connectivity index (χ2n) is 17.8. The van der Waals surface area contributed by atoms with Crippen molar-refractivity contribution >= 4 is 17.9 Å². The number of hydrogen-bond donors (Lipinski definition) is 0. The van der Waals surface area contributed by atoms with Crippen LogP contribution in [0.3, 0.4) is 0 Å². The van der Waals surface area contributed by atoms with Crippen molar-refractivity contribution in [2.24, 2.45) is 0 Å². The van der Waals surface area contributed by atoms with Crippen LogP contribution in [0, 0.1) is 0 Å². The number of ether oxygens (including phenoxy) is 3. The zero-order valence-electron chi connectivity index (χ0n) is 44.0. The third-order valence-electron chi connectivity index (χ3n) is 11.3. The number of unbranched alkanes of at least 4 members (excludes halogenated alkanes) is 26. The fourth-order valence-electron chi connectivity index (χ4n) is 7.17. The van der Waals surface area contributed by atoms with Crippen LogP contribution in [0.15, 0.2) is 146 Å². The van der Waals surface area contributed by atoms with E-state index in [1.54, 1.807) is 30.4 Å². The molecule has 0 aromatic heterocycles. The van der Waals surface area contributed by atoms with Crippen LogP contribution in [0.2, 0.25) is 0 Å². The molecule has 0 spiro atoms. The molecule has 0 heterocycles. The van der Waals surface area contributed by atoms with Gasteiger partial charge in [0.25, 0.3) is 0 Å². The van der Waals surface area contributed by atoms with E-state index in [1.807, 2.05) is 79.0 Å². The van der Waals surface area contributed by atoms with E-state index < -0.39 is 18.0 Å². The summed E-state index contributed by atoms with van der Waals surface area (Å²) in [5.74, 6) is -1.59. The average molecular weight is 951 g/mol.